The highest BCUT2D eigenvalue weighted by atomic mass is 35.5. The molecule has 1 aliphatic carbocycles. The lowest BCUT2D eigenvalue weighted by atomic mass is 9.83. The molecule has 0 heterocycles. The van der Waals surface area contributed by atoms with Gasteiger partial charge in [-0.05, 0) is 49.5 Å². The minimum absolute atomic E-state index is 0.206. The number of hydrogen-bond acceptors (Lipinski definition) is 2. The second-order valence-electron chi connectivity index (χ2n) is 5.66. The molecule has 0 saturated heterocycles. The second kappa shape index (κ2) is 7.39. The van der Waals surface area contributed by atoms with Crippen LogP contribution in [-0.4, -0.2) is 24.0 Å². The highest BCUT2D eigenvalue weighted by Crippen LogP contribution is 2.29. The summed E-state index contributed by atoms with van der Waals surface area (Å²) in [6.45, 7) is 4.73. The molecule has 0 amide bonds. The zero-order chi connectivity index (χ0) is 14.5. The van der Waals surface area contributed by atoms with E-state index in [9.17, 15) is 4.39 Å². The van der Waals surface area contributed by atoms with E-state index in [0.29, 0.717) is 12.0 Å². The molecule has 20 heavy (non-hydrogen) atoms. The molecule has 2 N–H and O–H groups in total. The van der Waals surface area contributed by atoms with Crippen molar-refractivity contribution in [2.75, 3.05) is 13.1 Å². The first-order valence-electron chi connectivity index (χ1n) is 7.53. The van der Waals surface area contributed by atoms with Gasteiger partial charge in [0.05, 0.1) is 5.02 Å². The van der Waals surface area contributed by atoms with Crippen LogP contribution >= 0.6 is 11.6 Å². The van der Waals surface area contributed by atoms with E-state index >= 15 is 0 Å². The van der Waals surface area contributed by atoms with Crippen molar-refractivity contribution in [2.24, 2.45) is 11.7 Å². The van der Waals surface area contributed by atoms with Gasteiger partial charge >= 0.3 is 0 Å². The lowest BCUT2D eigenvalue weighted by Gasteiger charge is -2.39. The molecule has 1 aromatic rings. The maximum Gasteiger partial charge on any atom is 0.141 e. The topological polar surface area (TPSA) is 29.3 Å². The molecule has 1 aliphatic rings. The van der Waals surface area contributed by atoms with Gasteiger partial charge in [0.15, 0.2) is 0 Å². The Kier molecular flexibility index (Phi) is 5.82. The number of rotatable bonds is 5. The average molecular weight is 299 g/mol. The molecule has 0 aromatic heterocycles. The third-order valence-corrected chi connectivity index (χ3v) is 4.71. The van der Waals surface area contributed by atoms with Crippen molar-refractivity contribution in [1.82, 2.24) is 4.90 Å². The summed E-state index contributed by atoms with van der Waals surface area (Å²) in [7, 11) is 0. The summed E-state index contributed by atoms with van der Waals surface area (Å²) < 4.78 is 13.2. The van der Waals surface area contributed by atoms with E-state index in [-0.39, 0.29) is 10.8 Å². The largest absolute Gasteiger partial charge is 0.330 e. The van der Waals surface area contributed by atoms with Crippen molar-refractivity contribution >= 4 is 11.6 Å². The van der Waals surface area contributed by atoms with Crippen LogP contribution in [0.4, 0.5) is 4.39 Å². The van der Waals surface area contributed by atoms with Gasteiger partial charge in [-0.1, -0.05) is 37.4 Å². The van der Waals surface area contributed by atoms with Crippen molar-refractivity contribution < 1.29 is 4.39 Å². The molecular weight excluding hydrogens is 275 g/mol. The number of hydrogen-bond donors (Lipinski definition) is 1. The molecule has 0 radical (unpaired) electrons. The van der Waals surface area contributed by atoms with Gasteiger partial charge in [-0.25, -0.2) is 4.39 Å². The monoisotopic (exact) mass is 298 g/mol. The summed E-state index contributed by atoms with van der Waals surface area (Å²) in [6.07, 6.45) is 5.01. The summed E-state index contributed by atoms with van der Waals surface area (Å²) in [5, 5.41) is 0.206. The maximum atomic E-state index is 13.2. The van der Waals surface area contributed by atoms with Gasteiger partial charge in [-0.3, -0.25) is 4.90 Å². The second-order valence-corrected chi connectivity index (χ2v) is 6.07. The van der Waals surface area contributed by atoms with Crippen LogP contribution in [0.1, 0.15) is 38.2 Å². The van der Waals surface area contributed by atoms with Gasteiger partial charge in [0.25, 0.3) is 0 Å². The lowest BCUT2D eigenvalue weighted by Crippen LogP contribution is -2.44. The Bertz CT molecular complexity index is 438. The summed E-state index contributed by atoms with van der Waals surface area (Å²) in [4.78, 5) is 2.46. The minimum atomic E-state index is -0.351. The maximum absolute atomic E-state index is 13.2. The van der Waals surface area contributed by atoms with Crippen molar-refractivity contribution in [2.45, 2.75) is 45.2 Å². The van der Waals surface area contributed by atoms with Gasteiger partial charge in [0.1, 0.15) is 5.82 Å². The van der Waals surface area contributed by atoms with Gasteiger partial charge in [0.2, 0.25) is 0 Å². The third-order valence-electron chi connectivity index (χ3n) is 4.42. The predicted octanol–water partition coefficient (Wildman–Crippen LogP) is 3.82. The molecule has 1 saturated carbocycles. The van der Waals surface area contributed by atoms with E-state index in [2.05, 4.69) is 11.8 Å². The molecule has 1 aromatic carbocycles. The highest BCUT2D eigenvalue weighted by Gasteiger charge is 2.28. The minimum Gasteiger partial charge on any atom is -0.330 e. The van der Waals surface area contributed by atoms with Crippen LogP contribution in [0.25, 0.3) is 0 Å². The predicted molar refractivity (Wildman–Crippen MR) is 82.3 cm³/mol. The van der Waals surface area contributed by atoms with E-state index in [4.69, 9.17) is 17.3 Å². The van der Waals surface area contributed by atoms with Gasteiger partial charge in [-0.15, -0.1) is 0 Å². The molecule has 2 nitrogen and oxygen atoms in total. The first-order valence-corrected chi connectivity index (χ1v) is 7.91. The van der Waals surface area contributed by atoms with E-state index in [1.54, 1.807) is 6.07 Å². The van der Waals surface area contributed by atoms with Gasteiger partial charge in [0, 0.05) is 12.6 Å². The van der Waals surface area contributed by atoms with Crippen LogP contribution < -0.4 is 5.73 Å². The molecule has 1 fully saturated rings. The van der Waals surface area contributed by atoms with Crippen LogP contribution in [0.5, 0.6) is 0 Å². The van der Waals surface area contributed by atoms with E-state index in [0.717, 1.165) is 25.2 Å². The normalized spacial score (nSPS) is 23.2. The Labute approximate surface area is 126 Å². The summed E-state index contributed by atoms with van der Waals surface area (Å²) >= 11 is 5.87. The Morgan fingerprint density at radius 1 is 1.35 bits per heavy atom. The van der Waals surface area contributed by atoms with Crippen LogP contribution in [0.3, 0.4) is 0 Å². The zero-order valence-electron chi connectivity index (χ0n) is 12.1. The Morgan fingerprint density at radius 2 is 2.10 bits per heavy atom. The van der Waals surface area contributed by atoms with Crippen molar-refractivity contribution in [3.8, 4) is 0 Å². The molecular formula is C16H24ClFN2. The molecule has 2 atom stereocenters. The van der Waals surface area contributed by atoms with E-state index < -0.39 is 0 Å². The van der Waals surface area contributed by atoms with E-state index in [1.807, 2.05) is 6.07 Å². The molecule has 2 rings (SSSR count). The number of benzene rings is 1. The number of halogens is 2. The summed E-state index contributed by atoms with van der Waals surface area (Å²) in [5.41, 5.74) is 7.00. The van der Waals surface area contributed by atoms with Crippen LogP contribution in [0.15, 0.2) is 18.2 Å². The van der Waals surface area contributed by atoms with Gasteiger partial charge in [-0.2, -0.15) is 0 Å². The number of nitrogens with zero attached hydrogens (tertiary/aromatic N) is 1. The van der Waals surface area contributed by atoms with Gasteiger partial charge < -0.3 is 5.73 Å². The third kappa shape index (κ3) is 3.72. The Hall–Kier alpha value is -0.640. The average Bonchev–Trinajstić information content (AvgIpc) is 2.48. The Balaban J connectivity index is 2.09. The molecule has 112 valence electrons. The van der Waals surface area contributed by atoms with Crippen LogP contribution in [-0.2, 0) is 6.54 Å². The first kappa shape index (κ1) is 15.7. The van der Waals surface area contributed by atoms with Crippen LogP contribution in [0.2, 0.25) is 5.02 Å². The smallest absolute Gasteiger partial charge is 0.141 e. The SMILES string of the molecule is CCN(Cc1ccc(F)c(Cl)c1)C1CCCCC1CN. The summed E-state index contributed by atoms with van der Waals surface area (Å²) in [5.74, 6) is 0.232. The summed E-state index contributed by atoms with van der Waals surface area (Å²) in [6, 6.07) is 5.55. The molecule has 0 aliphatic heterocycles. The lowest BCUT2D eigenvalue weighted by molar-refractivity contribution is 0.105. The fourth-order valence-corrected chi connectivity index (χ4v) is 3.48. The number of nitrogens with two attached hydrogens (primary N) is 1. The fraction of sp³-hybridized carbons (Fsp3) is 0.625. The zero-order valence-corrected chi connectivity index (χ0v) is 12.9. The first-order chi connectivity index (χ1) is 9.65. The Morgan fingerprint density at radius 3 is 2.75 bits per heavy atom. The van der Waals surface area contributed by atoms with Crippen molar-refractivity contribution in [3.63, 3.8) is 0 Å². The molecule has 4 heteroatoms. The highest BCUT2D eigenvalue weighted by molar-refractivity contribution is 6.30. The van der Waals surface area contributed by atoms with Crippen LogP contribution in [0, 0.1) is 11.7 Å². The quantitative estimate of drug-likeness (QED) is 0.895. The van der Waals surface area contributed by atoms with E-state index in [1.165, 1.54) is 31.7 Å². The van der Waals surface area contributed by atoms with Crippen molar-refractivity contribution in [3.05, 3.63) is 34.6 Å². The van der Waals surface area contributed by atoms with Crippen molar-refractivity contribution in [1.29, 1.82) is 0 Å². The fourth-order valence-electron chi connectivity index (χ4n) is 3.28. The molecule has 0 spiro atoms. The molecule has 0 bridgehead atoms. The molecule has 2 unspecified atom stereocenters. The standard InChI is InChI=1S/C16H24ClFN2/c1-2-20(16-6-4-3-5-13(16)10-19)11-12-7-8-15(18)14(17)9-12/h7-9,13,16H,2-6,10-11,19H2,1H3.